The second-order valence-electron chi connectivity index (χ2n) is 10.6. The zero-order valence-corrected chi connectivity index (χ0v) is 23.9. The number of ether oxygens (including phenoxy) is 2. The Morgan fingerprint density at radius 1 is 1.05 bits per heavy atom. The van der Waals surface area contributed by atoms with E-state index in [-0.39, 0.29) is 23.8 Å². The van der Waals surface area contributed by atoms with Gasteiger partial charge in [-0.25, -0.2) is 14.8 Å². The first-order valence-electron chi connectivity index (χ1n) is 14.3. The number of imidazole rings is 1. The van der Waals surface area contributed by atoms with Gasteiger partial charge in [0.2, 0.25) is 5.95 Å². The molecule has 42 heavy (non-hydrogen) atoms. The minimum atomic E-state index is -0.690. The van der Waals surface area contributed by atoms with Gasteiger partial charge in [0.05, 0.1) is 32.4 Å². The van der Waals surface area contributed by atoms with E-state index < -0.39 is 23.8 Å². The Labute approximate surface area is 241 Å². The molecule has 0 aliphatic carbocycles. The average molecular weight is 578 g/mol. The quantitative estimate of drug-likeness (QED) is 0.302. The predicted molar refractivity (Wildman–Crippen MR) is 157 cm³/mol. The summed E-state index contributed by atoms with van der Waals surface area (Å²) < 4.78 is 14.5. The number of aromatic nitrogens is 6. The molecule has 1 unspecified atom stereocenters. The van der Waals surface area contributed by atoms with Crippen LogP contribution >= 0.6 is 0 Å². The van der Waals surface area contributed by atoms with E-state index in [2.05, 4.69) is 4.90 Å². The molecule has 5 heterocycles. The van der Waals surface area contributed by atoms with Crippen molar-refractivity contribution in [1.29, 1.82) is 0 Å². The SMILES string of the molecule is CCn1c(N2CCCC(N)C2)nc2c1c(=O)n(Cc1nc(N3CCOCC3)c3ccccc3n1)c(=O)n2CC(=O)OC. The minimum absolute atomic E-state index is 0.0245. The fourth-order valence-electron chi connectivity index (χ4n) is 5.82. The Hall–Kier alpha value is -4.30. The summed E-state index contributed by atoms with van der Waals surface area (Å²) >= 11 is 0. The molecule has 0 amide bonds. The lowest BCUT2D eigenvalue weighted by molar-refractivity contribution is -0.141. The Balaban J connectivity index is 1.52. The van der Waals surface area contributed by atoms with Crippen LogP contribution in [0, 0.1) is 0 Å². The Morgan fingerprint density at radius 2 is 1.83 bits per heavy atom. The van der Waals surface area contributed by atoms with Crippen molar-refractivity contribution in [3.63, 3.8) is 0 Å². The number of methoxy groups -OCH3 is 1. The third kappa shape index (κ3) is 5.00. The maximum absolute atomic E-state index is 14.1. The summed E-state index contributed by atoms with van der Waals surface area (Å²) in [5.74, 6) is 0.952. The third-order valence-corrected chi connectivity index (χ3v) is 7.91. The Morgan fingerprint density at radius 3 is 2.57 bits per heavy atom. The molecular weight excluding hydrogens is 542 g/mol. The number of rotatable bonds is 7. The topological polar surface area (TPSA) is 156 Å². The van der Waals surface area contributed by atoms with E-state index in [0.29, 0.717) is 56.7 Å². The molecule has 0 saturated carbocycles. The minimum Gasteiger partial charge on any atom is -0.468 e. The molecule has 2 aliphatic heterocycles. The van der Waals surface area contributed by atoms with Crippen LogP contribution in [0.5, 0.6) is 0 Å². The monoisotopic (exact) mass is 577 g/mol. The van der Waals surface area contributed by atoms with Crippen LogP contribution in [0.2, 0.25) is 0 Å². The molecule has 14 heteroatoms. The highest BCUT2D eigenvalue weighted by atomic mass is 16.5. The first kappa shape index (κ1) is 27.8. The number of morpholine rings is 1. The number of fused-ring (bicyclic) bond motifs is 2. The highest BCUT2D eigenvalue weighted by molar-refractivity contribution is 5.89. The summed E-state index contributed by atoms with van der Waals surface area (Å²) in [6, 6.07) is 7.63. The van der Waals surface area contributed by atoms with E-state index in [1.165, 1.54) is 11.7 Å². The van der Waals surface area contributed by atoms with Crippen LogP contribution in [-0.2, 0) is 33.9 Å². The number of aryl methyl sites for hydroxylation is 1. The van der Waals surface area contributed by atoms with Crippen molar-refractivity contribution < 1.29 is 14.3 Å². The van der Waals surface area contributed by atoms with Crippen molar-refractivity contribution >= 4 is 39.8 Å². The second kappa shape index (κ2) is 11.5. The van der Waals surface area contributed by atoms with Gasteiger partial charge in [-0.15, -0.1) is 0 Å². The van der Waals surface area contributed by atoms with Crippen molar-refractivity contribution in [2.45, 2.75) is 45.4 Å². The van der Waals surface area contributed by atoms with Crippen LogP contribution in [0.1, 0.15) is 25.6 Å². The number of carbonyl (C=O) groups is 1. The van der Waals surface area contributed by atoms with Crippen molar-refractivity contribution in [2.24, 2.45) is 5.73 Å². The molecule has 6 rings (SSSR count). The van der Waals surface area contributed by atoms with Gasteiger partial charge in [0.15, 0.2) is 17.0 Å². The molecule has 1 atom stereocenters. The third-order valence-electron chi connectivity index (χ3n) is 7.91. The zero-order valence-electron chi connectivity index (χ0n) is 23.9. The fraction of sp³-hybridized carbons (Fsp3) is 0.500. The van der Waals surface area contributed by atoms with E-state index in [4.69, 9.17) is 30.2 Å². The normalized spacial score (nSPS) is 17.7. The van der Waals surface area contributed by atoms with E-state index in [0.717, 1.165) is 35.2 Å². The standard InChI is InChI=1S/C28H35N9O5/c1-3-35-23-25(32-27(35)34-10-6-7-18(29)15-34)36(17-22(38)41-2)28(40)37(26(23)39)16-21-30-20-9-5-4-8-19(20)24(31-21)33-11-13-42-14-12-33/h4-5,8-9,18H,3,6-7,10-17,29H2,1-2H3. The smallest absolute Gasteiger partial charge is 0.333 e. The van der Waals surface area contributed by atoms with Gasteiger partial charge < -0.3 is 29.6 Å². The molecular formula is C28H35N9O5. The van der Waals surface area contributed by atoms with E-state index in [9.17, 15) is 14.4 Å². The lowest BCUT2D eigenvalue weighted by Gasteiger charge is -2.31. The van der Waals surface area contributed by atoms with Crippen LogP contribution in [-0.4, -0.2) is 87.2 Å². The molecule has 2 N–H and O–H groups in total. The number of esters is 1. The Bertz CT molecular complexity index is 1750. The predicted octanol–water partition coefficient (Wildman–Crippen LogP) is 0.308. The summed E-state index contributed by atoms with van der Waals surface area (Å²) in [5.41, 5.74) is 6.10. The molecule has 0 radical (unpaired) electrons. The van der Waals surface area contributed by atoms with Crippen molar-refractivity contribution in [3.05, 3.63) is 50.9 Å². The van der Waals surface area contributed by atoms with Crippen molar-refractivity contribution in [3.8, 4) is 0 Å². The lowest BCUT2D eigenvalue weighted by Crippen LogP contribution is -2.44. The maximum Gasteiger partial charge on any atom is 0.333 e. The van der Waals surface area contributed by atoms with Gasteiger partial charge in [0.25, 0.3) is 5.56 Å². The highest BCUT2D eigenvalue weighted by Gasteiger charge is 2.28. The van der Waals surface area contributed by atoms with Gasteiger partial charge in [0.1, 0.15) is 12.4 Å². The number of anilines is 2. The number of hydrogen-bond donors (Lipinski definition) is 1. The van der Waals surface area contributed by atoms with Gasteiger partial charge in [-0.2, -0.15) is 4.98 Å². The summed E-state index contributed by atoms with van der Waals surface area (Å²) in [6.07, 6.45) is 1.79. The summed E-state index contributed by atoms with van der Waals surface area (Å²) in [6.45, 7) is 5.54. The number of nitrogens with two attached hydrogens (primary N) is 1. The molecule has 0 bridgehead atoms. The maximum atomic E-state index is 14.1. The largest absolute Gasteiger partial charge is 0.468 e. The van der Waals surface area contributed by atoms with Gasteiger partial charge in [0, 0.05) is 44.2 Å². The molecule has 1 aromatic carbocycles. The first-order chi connectivity index (χ1) is 20.4. The summed E-state index contributed by atoms with van der Waals surface area (Å²) in [4.78, 5) is 58.9. The molecule has 2 aliphatic rings. The number of carbonyl (C=O) groups excluding carboxylic acids is 1. The Kier molecular flexibility index (Phi) is 7.64. The van der Waals surface area contributed by atoms with Gasteiger partial charge in [-0.05, 0) is 31.9 Å². The summed E-state index contributed by atoms with van der Waals surface area (Å²) in [7, 11) is 1.25. The van der Waals surface area contributed by atoms with Crippen LogP contribution in [0.15, 0.2) is 33.9 Å². The average Bonchev–Trinajstić information content (AvgIpc) is 3.41. The van der Waals surface area contributed by atoms with Crippen LogP contribution in [0.25, 0.3) is 22.1 Å². The number of benzene rings is 1. The number of nitrogens with zero attached hydrogens (tertiary/aromatic N) is 8. The lowest BCUT2D eigenvalue weighted by atomic mass is 10.1. The van der Waals surface area contributed by atoms with E-state index in [1.54, 1.807) is 4.57 Å². The molecule has 14 nitrogen and oxygen atoms in total. The van der Waals surface area contributed by atoms with E-state index in [1.807, 2.05) is 36.1 Å². The number of piperidine rings is 1. The molecule has 4 aromatic rings. The molecule has 0 spiro atoms. The van der Waals surface area contributed by atoms with Crippen molar-refractivity contribution in [2.75, 3.05) is 56.3 Å². The van der Waals surface area contributed by atoms with Gasteiger partial charge in [-0.3, -0.25) is 18.7 Å². The molecule has 3 aromatic heterocycles. The van der Waals surface area contributed by atoms with Crippen LogP contribution in [0.3, 0.4) is 0 Å². The first-order valence-corrected chi connectivity index (χ1v) is 14.3. The van der Waals surface area contributed by atoms with Crippen LogP contribution in [0.4, 0.5) is 11.8 Å². The summed E-state index contributed by atoms with van der Waals surface area (Å²) in [5, 5.41) is 0.877. The zero-order chi connectivity index (χ0) is 29.4. The number of para-hydroxylation sites is 1. The van der Waals surface area contributed by atoms with Gasteiger partial charge >= 0.3 is 11.7 Å². The highest BCUT2D eigenvalue weighted by Crippen LogP contribution is 2.26. The van der Waals surface area contributed by atoms with Crippen molar-refractivity contribution in [1.82, 2.24) is 28.7 Å². The fourth-order valence-corrected chi connectivity index (χ4v) is 5.82. The van der Waals surface area contributed by atoms with Crippen LogP contribution < -0.4 is 26.8 Å². The van der Waals surface area contributed by atoms with E-state index >= 15 is 0 Å². The second-order valence-corrected chi connectivity index (χ2v) is 10.6. The molecule has 222 valence electrons. The van der Waals surface area contributed by atoms with Gasteiger partial charge in [-0.1, -0.05) is 12.1 Å². The molecule has 2 fully saturated rings. The number of hydrogen-bond acceptors (Lipinski definition) is 11. The molecule has 2 saturated heterocycles.